The molecule has 0 aromatic carbocycles. The highest BCUT2D eigenvalue weighted by atomic mass is 16.2. The van der Waals surface area contributed by atoms with E-state index in [9.17, 15) is 4.79 Å². The maximum absolute atomic E-state index is 12.0. The largest absolute Gasteiger partial charge is 0.335 e. The van der Waals surface area contributed by atoms with Gasteiger partial charge < -0.3 is 4.90 Å². The minimum atomic E-state index is -0.0293. The first-order valence-corrected chi connectivity index (χ1v) is 6.89. The van der Waals surface area contributed by atoms with Crippen LogP contribution < -0.4 is 0 Å². The van der Waals surface area contributed by atoms with Crippen molar-refractivity contribution in [1.82, 2.24) is 15.1 Å². The summed E-state index contributed by atoms with van der Waals surface area (Å²) in [6.07, 6.45) is 10.7. The molecule has 0 spiro atoms. The van der Waals surface area contributed by atoms with Gasteiger partial charge in [-0.1, -0.05) is 32.1 Å². The molecular weight excluding hydrogens is 226 g/mol. The number of amides is 1. The third-order valence-corrected chi connectivity index (χ3v) is 3.62. The zero-order chi connectivity index (χ0) is 12.8. The molecule has 0 saturated heterocycles. The highest BCUT2D eigenvalue weighted by Crippen LogP contribution is 2.25. The van der Waals surface area contributed by atoms with Gasteiger partial charge in [-0.05, 0) is 24.8 Å². The molecule has 0 atom stereocenters. The van der Waals surface area contributed by atoms with Crippen LogP contribution in [0.1, 0.15) is 55.4 Å². The average molecular weight is 248 g/mol. The number of nitrogens with one attached hydrogen (secondary N) is 1. The molecule has 1 N–H and O–H groups in total. The fraction of sp³-hybridized carbons (Fsp3) is 0.643. The first kappa shape index (κ1) is 13.1. The number of hydrogen-bond acceptors (Lipinski definition) is 2. The van der Waals surface area contributed by atoms with Crippen LogP contribution in [0.15, 0.2) is 12.3 Å². The summed E-state index contributed by atoms with van der Waals surface area (Å²) in [6.45, 7) is 2.09. The lowest BCUT2D eigenvalue weighted by atomic mass is 9.91. The predicted octanol–water partition coefficient (Wildman–Crippen LogP) is 3.00. The van der Waals surface area contributed by atoms with E-state index in [1.165, 1.54) is 44.9 Å². The van der Waals surface area contributed by atoms with E-state index in [0.717, 1.165) is 0 Å². The Balaban J connectivity index is 1.85. The molecule has 99 valence electrons. The summed E-state index contributed by atoms with van der Waals surface area (Å²) < 4.78 is 0. The zero-order valence-corrected chi connectivity index (χ0v) is 11.1. The van der Waals surface area contributed by atoms with Crippen LogP contribution in [0, 0.1) is 12.5 Å². The SMILES string of the molecule is CN([CH]C1CCCCCCC1)C(=O)c1cc[nH]n1. The zero-order valence-electron chi connectivity index (χ0n) is 11.1. The van der Waals surface area contributed by atoms with Gasteiger partial charge in [-0.15, -0.1) is 0 Å². The van der Waals surface area contributed by atoms with Crippen molar-refractivity contribution in [2.75, 3.05) is 7.05 Å². The second-order valence-electron chi connectivity index (χ2n) is 5.13. The third-order valence-electron chi connectivity index (χ3n) is 3.62. The first-order valence-electron chi connectivity index (χ1n) is 6.89. The Morgan fingerprint density at radius 2 is 2.00 bits per heavy atom. The summed E-state index contributed by atoms with van der Waals surface area (Å²) in [6, 6.07) is 1.71. The lowest BCUT2D eigenvalue weighted by Crippen LogP contribution is -2.28. The molecule has 0 unspecified atom stereocenters. The van der Waals surface area contributed by atoms with E-state index in [1.807, 2.05) is 7.05 Å². The molecule has 0 aliphatic heterocycles. The Kier molecular flexibility index (Phi) is 4.79. The Bertz CT molecular complexity index is 353. The summed E-state index contributed by atoms with van der Waals surface area (Å²) in [5, 5.41) is 6.60. The number of rotatable bonds is 3. The number of aromatic amines is 1. The van der Waals surface area contributed by atoms with E-state index >= 15 is 0 Å². The molecule has 18 heavy (non-hydrogen) atoms. The third kappa shape index (κ3) is 3.59. The van der Waals surface area contributed by atoms with Crippen LogP contribution in [0.5, 0.6) is 0 Å². The summed E-state index contributed by atoms with van der Waals surface area (Å²) in [5.41, 5.74) is 0.486. The highest BCUT2D eigenvalue weighted by Gasteiger charge is 2.19. The van der Waals surface area contributed by atoms with Gasteiger partial charge in [0.25, 0.3) is 5.91 Å². The quantitative estimate of drug-likeness (QED) is 0.894. The van der Waals surface area contributed by atoms with Crippen molar-refractivity contribution in [3.8, 4) is 0 Å². The summed E-state index contributed by atoms with van der Waals surface area (Å²) >= 11 is 0. The van der Waals surface area contributed by atoms with E-state index in [-0.39, 0.29) is 5.91 Å². The molecule has 0 bridgehead atoms. The molecule has 4 nitrogen and oxygen atoms in total. The van der Waals surface area contributed by atoms with E-state index in [0.29, 0.717) is 11.6 Å². The van der Waals surface area contributed by atoms with E-state index in [1.54, 1.807) is 17.2 Å². The van der Waals surface area contributed by atoms with Gasteiger partial charge >= 0.3 is 0 Å². The van der Waals surface area contributed by atoms with Crippen LogP contribution in [-0.4, -0.2) is 28.1 Å². The molecule has 1 saturated carbocycles. The van der Waals surface area contributed by atoms with Gasteiger partial charge in [0.15, 0.2) is 0 Å². The smallest absolute Gasteiger partial charge is 0.274 e. The van der Waals surface area contributed by atoms with Gasteiger partial charge in [0.2, 0.25) is 0 Å². The number of aromatic nitrogens is 2. The monoisotopic (exact) mass is 248 g/mol. The van der Waals surface area contributed by atoms with E-state index < -0.39 is 0 Å². The topological polar surface area (TPSA) is 49.0 Å². The van der Waals surface area contributed by atoms with Crippen molar-refractivity contribution in [3.05, 3.63) is 24.5 Å². The minimum absolute atomic E-state index is 0.0293. The molecular formula is C14H22N3O. The lowest BCUT2D eigenvalue weighted by molar-refractivity contribution is 0.0805. The van der Waals surface area contributed by atoms with Crippen LogP contribution in [0.3, 0.4) is 0 Å². The normalized spacial score (nSPS) is 18.1. The Labute approximate surface area is 109 Å². The fourth-order valence-electron chi connectivity index (χ4n) is 2.58. The van der Waals surface area contributed by atoms with Crippen LogP contribution in [0.4, 0.5) is 0 Å². The van der Waals surface area contributed by atoms with Gasteiger partial charge in [0.1, 0.15) is 5.69 Å². The van der Waals surface area contributed by atoms with Crippen molar-refractivity contribution in [3.63, 3.8) is 0 Å². The number of carbonyl (C=O) groups excluding carboxylic acids is 1. The highest BCUT2D eigenvalue weighted by molar-refractivity contribution is 5.92. The van der Waals surface area contributed by atoms with Crippen LogP contribution in [0.25, 0.3) is 0 Å². The summed E-state index contributed by atoms with van der Waals surface area (Å²) in [5.74, 6) is 0.511. The molecule has 1 radical (unpaired) electrons. The minimum Gasteiger partial charge on any atom is -0.335 e. The van der Waals surface area contributed by atoms with Crippen molar-refractivity contribution < 1.29 is 4.79 Å². The molecule has 1 amide bonds. The van der Waals surface area contributed by atoms with Crippen molar-refractivity contribution in [2.24, 2.45) is 5.92 Å². The van der Waals surface area contributed by atoms with Gasteiger partial charge in [0, 0.05) is 13.2 Å². The van der Waals surface area contributed by atoms with Crippen LogP contribution >= 0.6 is 0 Å². The average Bonchev–Trinajstić information content (AvgIpc) is 2.85. The lowest BCUT2D eigenvalue weighted by Gasteiger charge is -2.24. The Morgan fingerprint density at radius 1 is 1.33 bits per heavy atom. The molecule has 1 aromatic heterocycles. The molecule has 4 heteroatoms. The van der Waals surface area contributed by atoms with Crippen LogP contribution in [0.2, 0.25) is 0 Å². The standard InChI is InChI=1S/C14H22N3O/c1-17(14(18)13-9-10-15-16-13)11-12-7-5-3-2-4-6-8-12/h9-12H,2-8H2,1H3,(H,15,16). The number of nitrogens with zero attached hydrogens (tertiary/aromatic N) is 2. The number of H-pyrrole nitrogens is 1. The second-order valence-corrected chi connectivity index (χ2v) is 5.13. The number of hydrogen-bond donors (Lipinski definition) is 1. The molecule has 1 aromatic rings. The predicted molar refractivity (Wildman–Crippen MR) is 70.8 cm³/mol. The fourth-order valence-corrected chi connectivity index (χ4v) is 2.58. The van der Waals surface area contributed by atoms with Crippen molar-refractivity contribution in [2.45, 2.75) is 44.9 Å². The van der Waals surface area contributed by atoms with Crippen molar-refractivity contribution >= 4 is 5.91 Å². The number of carbonyl (C=O) groups is 1. The maximum Gasteiger partial charge on any atom is 0.274 e. The maximum atomic E-state index is 12.0. The van der Waals surface area contributed by atoms with Crippen LogP contribution in [-0.2, 0) is 0 Å². The molecule has 2 rings (SSSR count). The summed E-state index contributed by atoms with van der Waals surface area (Å²) in [4.78, 5) is 13.7. The Hall–Kier alpha value is -1.32. The molecule has 1 aliphatic rings. The van der Waals surface area contributed by atoms with Gasteiger partial charge in [-0.3, -0.25) is 9.89 Å². The molecule has 1 fully saturated rings. The van der Waals surface area contributed by atoms with Gasteiger partial charge in [-0.25, -0.2) is 0 Å². The van der Waals surface area contributed by atoms with Crippen molar-refractivity contribution in [1.29, 1.82) is 0 Å². The molecule has 1 heterocycles. The van der Waals surface area contributed by atoms with E-state index in [4.69, 9.17) is 0 Å². The van der Waals surface area contributed by atoms with E-state index in [2.05, 4.69) is 16.7 Å². The van der Waals surface area contributed by atoms with Gasteiger partial charge in [0.05, 0.1) is 6.54 Å². The second kappa shape index (κ2) is 6.57. The van der Waals surface area contributed by atoms with Gasteiger partial charge in [-0.2, -0.15) is 5.10 Å². The Morgan fingerprint density at radius 3 is 2.61 bits per heavy atom. The first-order chi connectivity index (χ1) is 8.77. The summed E-state index contributed by atoms with van der Waals surface area (Å²) in [7, 11) is 1.83. The molecule has 1 aliphatic carbocycles.